The van der Waals surface area contributed by atoms with Crippen LogP contribution in [0.2, 0.25) is 0 Å². The van der Waals surface area contributed by atoms with E-state index in [9.17, 15) is 29.8 Å². The Labute approximate surface area is 204 Å². The van der Waals surface area contributed by atoms with E-state index < -0.39 is 27.1 Å². The van der Waals surface area contributed by atoms with E-state index in [1.165, 1.54) is 17.0 Å². The zero-order valence-corrected chi connectivity index (χ0v) is 19.0. The van der Waals surface area contributed by atoms with Crippen molar-refractivity contribution in [1.82, 2.24) is 0 Å². The molecule has 1 N–H and O–H groups in total. The van der Waals surface area contributed by atoms with Gasteiger partial charge in [-0.1, -0.05) is 17.7 Å². The molecule has 1 aliphatic rings. The molecule has 2 amide bonds. The topological polar surface area (TPSA) is 154 Å². The first-order chi connectivity index (χ1) is 17.2. The number of amides is 2. The Morgan fingerprint density at radius 3 is 2.33 bits per heavy atom. The number of nitro benzene ring substituents is 2. The zero-order chi connectivity index (χ0) is 25.8. The van der Waals surface area contributed by atoms with Crippen LogP contribution in [0.15, 0.2) is 60.7 Å². The maximum atomic E-state index is 12.7. The van der Waals surface area contributed by atoms with Crippen molar-refractivity contribution in [3.8, 4) is 11.5 Å². The van der Waals surface area contributed by atoms with Gasteiger partial charge in [-0.3, -0.25) is 29.8 Å². The fraction of sp³-hybridized carbons (Fsp3) is 0.167. The highest BCUT2D eigenvalue weighted by Crippen LogP contribution is 2.35. The molecule has 0 bridgehead atoms. The molecular weight excluding hydrogens is 472 g/mol. The standard InChI is InChI=1S/C24H20N4O8/c1-15-2-5-20(6-3-15)35-9-8-26-21-7-4-17(12-22(21)36-14-23(26)29)25-24(30)16-10-18(27(31)32)13-19(11-16)28(33)34/h2-7,10-13H,8-9,14H2,1H3,(H,25,30). The summed E-state index contributed by atoms with van der Waals surface area (Å²) in [5.41, 5.74) is 0.460. The fourth-order valence-corrected chi connectivity index (χ4v) is 3.56. The van der Waals surface area contributed by atoms with E-state index in [0.717, 1.165) is 23.8 Å². The van der Waals surface area contributed by atoms with Crippen molar-refractivity contribution in [2.75, 3.05) is 30.0 Å². The lowest BCUT2D eigenvalue weighted by Gasteiger charge is -2.29. The Bertz CT molecular complexity index is 1320. The smallest absolute Gasteiger partial charge is 0.277 e. The molecule has 0 aliphatic carbocycles. The van der Waals surface area contributed by atoms with E-state index in [1.807, 2.05) is 31.2 Å². The second kappa shape index (κ2) is 10.1. The Morgan fingerprint density at radius 2 is 1.69 bits per heavy atom. The number of non-ortho nitro benzene ring substituents is 2. The average molecular weight is 492 g/mol. The molecule has 0 saturated heterocycles. The van der Waals surface area contributed by atoms with Gasteiger partial charge in [0, 0.05) is 23.9 Å². The number of fused-ring (bicyclic) bond motifs is 1. The summed E-state index contributed by atoms with van der Waals surface area (Å²) in [7, 11) is 0. The Morgan fingerprint density at radius 1 is 1.03 bits per heavy atom. The summed E-state index contributed by atoms with van der Waals surface area (Å²) < 4.78 is 11.2. The van der Waals surface area contributed by atoms with Crippen LogP contribution in [0.4, 0.5) is 22.7 Å². The minimum atomic E-state index is -0.815. The predicted molar refractivity (Wildman–Crippen MR) is 129 cm³/mol. The molecule has 1 aliphatic heterocycles. The Kier molecular flexibility index (Phi) is 6.77. The number of anilines is 2. The maximum absolute atomic E-state index is 12.7. The third kappa shape index (κ3) is 5.38. The van der Waals surface area contributed by atoms with Crippen molar-refractivity contribution in [2.24, 2.45) is 0 Å². The molecule has 0 radical (unpaired) electrons. The monoisotopic (exact) mass is 492 g/mol. The summed E-state index contributed by atoms with van der Waals surface area (Å²) in [6, 6.07) is 14.8. The molecule has 3 aromatic carbocycles. The van der Waals surface area contributed by atoms with Gasteiger partial charge in [0.2, 0.25) is 0 Å². The number of carbonyl (C=O) groups is 2. The van der Waals surface area contributed by atoms with Crippen LogP contribution < -0.4 is 19.7 Å². The number of nitro groups is 2. The summed E-state index contributed by atoms with van der Waals surface area (Å²) in [6.45, 7) is 2.29. The number of benzene rings is 3. The summed E-state index contributed by atoms with van der Waals surface area (Å²) in [4.78, 5) is 47.2. The largest absolute Gasteiger partial charge is 0.492 e. The van der Waals surface area contributed by atoms with Crippen LogP contribution >= 0.6 is 0 Å². The van der Waals surface area contributed by atoms with Crippen molar-refractivity contribution < 1.29 is 28.9 Å². The van der Waals surface area contributed by atoms with E-state index in [1.54, 1.807) is 6.07 Å². The molecule has 0 aromatic heterocycles. The molecule has 12 heteroatoms. The number of ether oxygens (including phenoxy) is 2. The summed E-state index contributed by atoms with van der Waals surface area (Å²) in [5.74, 6) is -0.0126. The van der Waals surface area contributed by atoms with E-state index in [0.29, 0.717) is 17.2 Å². The minimum absolute atomic E-state index is 0.202. The van der Waals surface area contributed by atoms with Crippen molar-refractivity contribution in [2.45, 2.75) is 6.92 Å². The first kappa shape index (κ1) is 24.1. The molecule has 0 saturated carbocycles. The van der Waals surface area contributed by atoms with Crippen LogP contribution in [0.25, 0.3) is 0 Å². The van der Waals surface area contributed by atoms with Crippen LogP contribution in [-0.2, 0) is 4.79 Å². The second-order valence-electron chi connectivity index (χ2n) is 7.88. The zero-order valence-electron chi connectivity index (χ0n) is 19.0. The summed E-state index contributed by atoms with van der Waals surface area (Å²) >= 11 is 0. The number of aryl methyl sites for hydroxylation is 1. The number of nitrogens with one attached hydrogen (secondary N) is 1. The van der Waals surface area contributed by atoms with Gasteiger partial charge in [0.05, 0.1) is 33.7 Å². The lowest BCUT2D eigenvalue weighted by atomic mass is 10.1. The number of hydrogen-bond acceptors (Lipinski definition) is 8. The van der Waals surface area contributed by atoms with Gasteiger partial charge in [0.15, 0.2) is 6.61 Å². The number of nitrogens with zero attached hydrogens (tertiary/aromatic N) is 3. The van der Waals surface area contributed by atoms with Gasteiger partial charge in [0.25, 0.3) is 23.2 Å². The summed E-state index contributed by atoms with van der Waals surface area (Å²) in [6.07, 6.45) is 0. The first-order valence-electron chi connectivity index (χ1n) is 10.7. The number of carbonyl (C=O) groups excluding carboxylic acids is 2. The van der Waals surface area contributed by atoms with Gasteiger partial charge in [0.1, 0.15) is 18.1 Å². The molecule has 184 valence electrons. The van der Waals surface area contributed by atoms with Crippen molar-refractivity contribution >= 4 is 34.6 Å². The maximum Gasteiger partial charge on any atom is 0.277 e. The lowest BCUT2D eigenvalue weighted by molar-refractivity contribution is -0.394. The molecule has 36 heavy (non-hydrogen) atoms. The van der Waals surface area contributed by atoms with Crippen LogP contribution in [0.1, 0.15) is 15.9 Å². The molecule has 0 atom stereocenters. The number of hydrogen-bond donors (Lipinski definition) is 1. The molecule has 0 unspecified atom stereocenters. The van der Waals surface area contributed by atoms with Crippen LogP contribution in [0.3, 0.4) is 0 Å². The van der Waals surface area contributed by atoms with Crippen LogP contribution in [0, 0.1) is 27.2 Å². The minimum Gasteiger partial charge on any atom is -0.492 e. The Balaban J connectivity index is 1.48. The van der Waals surface area contributed by atoms with Gasteiger partial charge in [-0.15, -0.1) is 0 Å². The lowest BCUT2D eigenvalue weighted by Crippen LogP contribution is -2.41. The van der Waals surface area contributed by atoms with Gasteiger partial charge in [-0.05, 0) is 31.2 Å². The quantitative estimate of drug-likeness (QED) is 0.367. The van der Waals surface area contributed by atoms with E-state index in [-0.39, 0.29) is 36.9 Å². The van der Waals surface area contributed by atoms with E-state index in [2.05, 4.69) is 5.32 Å². The SMILES string of the molecule is Cc1ccc(OCCN2C(=O)COc3cc(NC(=O)c4cc([N+](=O)[O-])cc([N+](=O)[O-])c4)ccc32)cc1. The van der Waals surface area contributed by atoms with Gasteiger partial charge in [-0.2, -0.15) is 0 Å². The van der Waals surface area contributed by atoms with Crippen LogP contribution in [-0.4, -0.2) is 41.4 Å². The van der Waals surface area contributed by atoms with Crippen LogP contribution in [0.5, 0.6) is 11.5 Å². The molecule has 0 fully saturated rings. The summed E-state index contributed by atoms with van der Waals surface area (Å²) in [5, 5.41) is 24.7. The van der Waals surface area contributed by atoms with Gasteiger partial charge >= 0.3 is 0 Å². The van der Waals surface area contributed by atoms with Crippen molar-refractivity contribution in [3.05, 3.63) is 92.0 Å². The average Bonchev–Trinajstić information content (AvgIpc) is 2.86. The van der Waals surface area contributed by atoms with Gasteiger partial charge < -0.3 is 19.7 Å². The second-order valence-corrected chi connectivity index (χ2v) is 7.88. The molecular formula is C24H20N4O8. The first-order valence-corrected chi connectivity index (χ1v) is 10.7. The molecule has 4 rings (SSSR count). The van der Waals surface area contributed by atoms with Gasteiger partial charge in [-0.25, -0.2) is 0 Å². The van der Waals surface area contributed by atoms with E-state index in [4.69, 9.17) is 9.47 Å². The highest BCUT2D eigenvalue weighted by atomic mass is 16.6. The third-order valence-corrected chi connectivity index (χ3v) is 5.35. The molecule has 3 aromatic rings. The number of rotatable bonds is 8. The van der Waals surface area contributed by atoms with E-state index >= 15 is 0 Å². The molecule has 0 spiro atoms. The third-order valence-electron chi connectivity index (χ3n) is 5.35. The highest BCUT2D eigenvalue weighted by molar-refractivity contribution is 6.06. The highest BCUT2D eigenvalue weighted by Gasteiger charge is 2.26. The normalized spacial score (nSPS) is 12.4. The molecule has 12 nitrogen and oxygen atoms in total. The van der Waals surface area contributed by atoms with Crippen molar-refractivity contribution in [1.29, 1.82) is 0 Å². The molecule has 1 heterocycles. The van der Waals surface area contributed by atoms with Crippen molar-refractivity contribution in [3.63, 3.8) is 0 Å². The fourth-order valence-electron chi connectivity index (χ4n) is 3.56. The Hall–Kier alpha value is -5.00. The predicted octanol–water partition coefficient (Wildman–Crippen LogP) is 3.87.